The van der Waals surface area contributed by atoms with Crippen LogP contribution in [0.3, 0.4) is 0 Å². The molecule has 2 N–H and O–H groups in total. The maximum Gasteiger partial charge on any atom is 0.335 e. The summed E-state index contributed by atoms with van der Waals surface area (Å²) in [6.07, 6.45) is 1.51. The van der Waals surface area contributed by atoms with E-state index < -0.39 is 16.0 Å². The van der Waals surface area contributed by atoms with Crippen LogP contribution in [0.15, 0.2) is 23.1 Å². The monoisotopic (exact) mass is 312 g/mol. The molecule has 0 amide bonds. The van der Waals surface area contributed by atoms with Gasteiger partial charge in [-0.2, -0.15) is 4.31 Å². The van der Waals surface area contributed by atoms with E-state index in [2.05, 4.69) is 5.32 Å². The molecule has 1 heterocycles. The number of carboxylic acids is 1. The van der Waals surface area contributed by atoms with Gasteiger partial charge in [0.2, 0.25) is 10.0 Å². The molecular formula is C14H20N2O4S. The molecule has 116 valence electrons. The minimum Gasteiger partial charge on any atom is -0.478 e. The van der Waals surface area contributed by atoms with Gasteiger partial charge in [0.15, 0.2) is 0 Å². The van der Waals surface area contributed by atoms with Crippen molar-refractivity contribution in [2.75, 3.05) is 20.1 Å². The summed E-state index contributed by atoms with van der Waals surface area (Å²) in [5.74, 6) is -1.13. The second kappa shape index (κ2) is 6.13. The van der Waals surface area contributed by atoms with Gasteiger partial charge < -0.3 is 10.4 Å². The molecule has 1 saturated heterocycles. The number of hydrogen-bond donors (Lipinski definition) is 2. The van der Waals surface area contributed by atoms with Gasteiger partial charge in [0, 0.05) is 13.1 Å². The van der Waals surface area contributed by atoms with Crippen LogP contribution in [0.5, 0.6) is 0 Å². The van der Waals surface area contributed by atoms with E-state index in [1.807, 2.05) is 0 Å². The van der Waals surface area contributed by atoms with Crippen molar-refractivity contribution < 1.29 is 18.3 Å². The van der Waals surface area contributed by atoms with Gasteiger partial charge in [0.1, 0.15) is 0 Å². The summed E-state index contributed by atoms with van der Waals surface area (Å²) in [7, 11) is -2.12. The van der Waals surface area contributed by atoms with Crippen LogP contribution in [-0.2, 0) is 10.0 Å². The highest BCUT2D eigenvalue weighted by Gasteiger charge is 2.30. The predicted octanol–water partition coefficient (Wildman–Crippen LogP) is 1.07. The first kappa shape index (κ1) is 15.9. The fourth-order valence-electron chi connectivity index (χ4n) is 2.53. The van der Waals surface area contributed by atoms with Crippen LogP contribution in [-0.4, -0.2) is 50.0 Å². The van der Waals surface area contributed by atoms with Gasteiger partial charge in [-0.1, -0.05) is 6.07 Å². The lowest BCUT2D eigenvalue weighted by Gasteiger charge is -2.31. The Kier molecular flexibility index (Phi) is 4.65. The van der Waals surface area contributed by atoms with Gasteiger partial charge in [-0.15, -0.1) is 0 Å². The van der Waals surface area contributed by atoms with E-state index in [1.54, 1.807) is 14.0 Å². The van der Waals surface area contributed by atoms with Crippen LogP contribution in [0.4, 0.5) is 0 Å². The largest absolute Gasteiger partial charge is 0.478 e. The Bertz CT molecular complexity index is 636. The maximum atomic E-state index is 12.7. The zero-order valence-electron chi connectivity index (χ0n) is 12.2. The highest BCUT2D eigenvalue weighted by molar-refractivity contribution is 7.89. The van der Waals surface area contributed by atoms with Crippen molar-refractivity contribution in [3.8, 4) is 0 Å². The summed E-state index contributed by atoms with van der Waals surface area (Å²) >= 11 is 0. The summed E-state index contributed by atoms with van der Waals surface area (Å²) in [5.41, 5.74) is 0.540. The minimum absolute atomic E-state index is 0.0158. The second-order valence-corrected chi connectivity index (χ2v) is 7.25. The van der Waals surface area contributed by atoms with Crippen LogP contribution in [0.25, 0.3) is 0 Å². The number of nitrogens with zero attached hydrogens (tertiary/aromatic N) is 1. The number of aromatic carboxylic acids is 1. The topological polar surface area (TPSA) is 86.7 Å². The average molecular weight is 312 g/mol. The second-order valence-electron chi connectivity index (χ2n) is 5.29. The van der Waals surface area contributed by atoms with Crippen molar-refractivity contribution in [1.29, 1.82) is 0 Å². The number of sulfonamides is 1. The summed E-state index contributed by atoms with van der Waals surface area (Å²) in [5, 5.41) is 12.2. The molecule has 1 aliphatic rings. The number of benzene rings is 1. The summed E-state index contributed by atoms with van der Waals surface area (Å²) in [6.45, 7) is 3.26. The molecule has 1 aromatic carbocycles. The normalized spacial score (nSPS) is 17.1. The zero-order chi connectivity index (χ0) is 15.6. The summed E-state index contributed by atoms with van der Waals surface area (Å²) < 4.78 is 26.9. The summed E-state index contributed by atoms with van der Waals surface area (Å²) in [6, 6.07) is 4.14. The molecule has 0 radical (unpaired) electrons. The van der Waals surface area contributed by atoms with Crippen molar-refractivity contribution in [2.45, 2.75) is 30.7 Å². The lowest BCUT2D eigenvalue weighted by molar-refractivity contribution is 0.0696. The molecule has 0 atom stereocenters. The van der Waals surface area contributed by atoms with Crippen molar-refractivity contribution >= 4 is 16.0 Å². The van der Waals surface area contributed by atoms with Crippen molar-refractivity contribution in [1.82, 2.24) is 9.62 Å². The van der Waals surface area contributed by atoms with Gasteiger partial charge in [-0.05, 0) is 50.6 Å². The first-order valence-electron chi connectivity index (χ1n) is 6.86. The molecule has 0 saturated carbocycles. The molecule has 1 fully saturated rings. The molecule has 2 rings (SSSR count). The smallest absolute Gasteiger partial charge is 0.335 e. The molecule has 1 aliphatic heterocycles. The third kappa shape index (κ3) is 3.25. The number of hydrogen-bond acceptors (Lipinski definition) is 4. The van der Waals surface area contributed by atoms with Crippen LogP contribution in [0.2, 0.25) is 0 Å². The van der Waals surface area contributed by atoms with E-state index in [-0.39, 0.29) is 16.5 Å². The SMILES string of the molecule is Cc1ccc(C(=O)O)cc1S(=O)(=O)N(C)C1CCNCC1. The first-order valence-corrected chi connectivity index (χ1v) is 8.30. The number of rotatable bonds is 4. The number of carbonyl (C=O) groups is 1. The van der Waals surface area contributed by atoms with Crippen LogP contribution in [0, 0.1) is 6.92 Å². The highest BCUT2D eigenvalue weighted by Crippen LogP contribution is 2.24. The van der Waals surface area contributed by atoms with Gasteiger partial charge in [-0.25, -0.2) is 13.2 Å². The Morgan fingerprint density at radius 3 is 2.52 bits per heavy atom. The molecule has 0 spiro atoms. The minimum atomic E-state index is -3.68. The van der Waals surface area contributed by atoms with E-state index in [4.69, 9.17) is 5.11 Å². The van der Waals surface area contributed by atoms with E-state index in [1.165, 1.54) is 22.5 Å². The van der Waals surface area contributed by atoms with E-state index in [0.29, 0.717) is 5.56 Å². The average Bonchev–Trinajstić information content (AvgIpc) is 2.47. The third-order valence-electron chi connectivity index (χ3n) is 3.92. The first-order chi connectivity index (χ1) is 9.84. The molecular weight excluding hydrogens is 292 g/mol. The molecule has 1 aromatic rings. The Balaban J connectivity index is 2.38. The fourth-order valence-corrected chi connectivity index (χ4v) is 4.20. The summed E-state index contributed by atoms with van der Waals surface area (Å²) in [4.78, 5) is 11.1. The Morgan fingerprint density at radius 2 is 1.95 bits per heavy atom. The van der Waals surface area contributed by atoms with Crippen LogP contribution < -0.4 is 5.32 Å². The standard InChI is InChI=1S/C14H20N2O4S/c1-10-3-4-11(14(17)18)9-13(10)21(19,20)16(2)12-5-7-15-8-6-12/h3-4,9,12,15H,5-8H2,1-2H3,(H,17,18). The van der Waals surface area contributed by atoms with Crippen molar-refractivity contribution in [3.63, 3.8) is 0 Å². The third-order valence-corrected chi connectivity index (χ3v) is 5.97. The highest BCUT2D eigenvalue weighted by atomic mass is 32.2. The quantitative estimate of drug-likeness (QED) is 0.868. The predicted molar refractivity (Wildman–Crippen MR) is 79.0 cm³/mol. The van der Waals surface area contributed by atoms with Gasteiger partial charge in [0.05, 0.1) is 10.5 Å². The van der Waals surface area contributed by atoms with Gasteiger partial charge in [-0.3, -0.25) is 0 Å². The Morgan fingerprint density at radius 1 is 1.33 bits per heavy atom. The maximum absolute atomic E-state index is 12.7. The lowest BCUT2D eigenvalue weighted by atomic mass is 10.1. The fraction of sp³-hybridized carbons (Fsp3) is 0.500. The molecule has 0 bridgehead atoms. The molecule has 7 heteroatoms. The number of nitrogens with one attached hydrogen (secondary N) is 1. The van der Waals surface area contributed by atoms with E-state index >= 15 is 0 Å². The zero-order valence-corrected chi connectivity index (χ0v) is 13.0. The number of piperidine rings is 1. The van der Waals surface area contributed by atoms with Gasteiger partial charge >= 0.3 is 5.97 Å². The molecule has 6 nitrogen and oxygen atoms in total. The molecule has 0 aromatic heterocycles. The van der Waals surface area contributed by atoms with Crippen molar-refractivity contribution in [2.24, 2.45) is 0 Å². The van der Waals surface area contributed by atoms with E-state index in [0.717, 1.165) is 25.9 Å². The molecule has 0 aliphatic carbocycles. The Hall–Kier alpha value is -1.44. The molecule has 21 heavy (non-hydrogen) atoms. The number of aryl methyl sites for hydroxylation is 1. The van der Waals surface area contributed by atoms with Crippen LogP contribution >= 0.6 is 0 Å². The number of carboxylic acid groups (broad SMARTS) is 1. The van der Waals surface area contributed by atoms with Crippen molar-refractivity contribution in [3.05, 3.63) is 29.3 Å². The van der Waals surface area contributed by atoms with Gasteiger partial charge in [0.25, 0.3) is 0 Å². The molecule has 0 unspecified atom stereocenters. The van der Waals surface area contributed by atoms with E-state index in [9.17, 15) is 13.2 Å². The van der Waals surface area contributed by atoms with Crippen LogP contribution in [0.1, 0.15) is 28.8 Å². The lowest BCUT2D eigenvalue weighted by Crippen LogP contribution is -2.44. The Labute approximate surface area is 124 Å².